The second-order valence-corrected chi connectivity index (χ2v) is 13.6. The van der Waals surface area contributed by atoms with Gasteiger partial charge in [-0.25, -0.2) is 8.78 Å². The number of rotatable bonds is 10. The van der Waals surface area contributed by atoms with Crippen molar-refractivity contribution in [2.75, 3.05) is 37.7 Å². The van der Waals surface area contributed by atoms with E-state index in [9.17, 15) is 19.7 Å². The van der Waals surface area contributed by atoms with E-state index in [0.717, 1.165) is 50.6 Å². The van der Waals surface area contributed by atoms with Crippen molar-refractivity contribution >= 4 is 22.8 Å². The molecule has 46 heavy (non-hydrogen) atoms. The third kappa shape index (κ3) is 6.29. The number of allylic oxidation sites excluding steroid dienone is 1. The lowest BCUT2D eigenvalue weighted by Crippen LogP contribution is -2.47. The number of anilines is 1. The van der Waals surface area contributed by atoms with Gasteiger partial charge in [-0.1, -0.05) is 25.5 Å². The van der Waals surface area contributed by atoms with Gasteiger partial charge in [0.1, 0.15) is 35.6 Å². The molecule has 0 aliphatic carbocycles. The Morgan fingerprint density at radius 2 is 1.98 bits per heavy atom. The summed E-state index contributed by atoms with van der Waals surface area (Å²) in [5.41, 5.74) is 0.670. The number of hydrogen-bond donors (Lipinski definition) is 3. The standard InChI is InChI=1S/C35H45F2N5O4/c1-4-7-26-23(9-8-22(2)36)16-25(44)17-27(26)30-29(37)31-28(18-38-30)32(41-14-5-11-34(3,45)20-41)40-33(39-31)46-21-35-12-6-15-42(35)24(19-43)10-13-35/h8-9,16-18,22,24,43-45H,4-7,10-15,19-21H2,1-3H3/b9-8-/t22?,24-,34+,35-/m0/s1. The van der Waals surface area contributed by atoms with E-state index < -0.39 is 17.6 Å². The van der Waals surface area contributed by atoms with Gasteiger partial charge in [0, 0.05) is 30.9 Å². The number of aliphatic hydroxyl groups is 2. The fraction of sp³-hybridized carbons (Fsp3) is 0.571. The Morgan fingerprint density at radius 1 is 1.17 bits per heavy atom. The zero-order valence-electron chi connectivity index (χ0n) is 27.0. The molecule has 6 rings (SSSR count). The number of ether oxygens (including phenoxy) is 1. The number of aromatic hydroxyl groups is 1. The van der Waals surface area contributed by atoms with Crippen LogP contribution in [0.5, 0.6) is 11.8 Å². The Bertz CT molecular complexity index is 1620. The smallest absolute Gasteiger partial charge is 0.319 e. The van der Waals surface area contributed by atoms with Crippen LogP contribution >= 0.6 is 0 Å². The van der Waals surface area contributed by atoms with Crippen molar-refractivity contribution < 1.29 is 28.8 Å². The number of β-amino-alcohol motifs (C(OH)–C–C–N with tert-alkyl or cyclic N) is 1. The van der Waals surface area contributed by atoms with Crippen LogP contribution in [0.15, 0.2) is 24.4 Å². The minimum Gasteiger partial charge on any atom is -0.508 e. The van der Waals surface area contributed by atoms with Crippen LogP contribution < -0.4 is 9.64 Å². The van der Waals surface area contributed by atoms with Gasteiger partial charge in [-0.3, -0.25) is 9.88 Å². The minimum absolute atomic E-state index is 0.0261. The first-order valence-corrected chi connectivity index (χ1v) is 16.6. The van der Waals surface area contributed by atoms with Gasteiger partial charge in [-0.15, -0.1) is 0 Å². The summed E-state index contributed by atoms with van der Waals surface area (Å²) in [6.45, 7) is 7.47. The number of fused-ring (bicyclic) bond motifs is 2. The molecule has 4 atom stereocenters. The number of halogens is 2. The maximum atomic E-state index is 16.8. The third-order valence-electron chi connectivity index (χ3n) is 9.90. The van der Waals surface area contributed by atoms with Crippen molar-refractivity contribution in [2.24, 2.45) is 0 Å². The van der Waals surface area contributed by atoms with Crippen molar-refractivity contribution in [1.29, 1.82) is 0 Å². The molecule has 0 bridgehead atoms. The van der Waals surface area contributed by atoms with Crippen LogP contribution in [0.2, 0.25) is 0 Å². The van der Waals surface area contributed by atoms with E-state index in [1.807, 2.05) is 11.8 Å². The van der Waals surface area contributed by atoms with Crippen LogP contribution in [0.25, 0.3) is 28.2 Å². The van der Waals surface area contributed by atoms with Crippen molar-refractivity contribution in [1.82, 2.24) is 19.9 Å². The Kier molecular flexibility index (Phi) is 9.20. The van der Waals surface area contributed by atoms with Gasteiger partial charge >= 0.3 is 6.01 Å². The fourth-order valence-corrected chi connectivity index (χ4v) is 7.72. The Balaban J connectivity index is 1.46. The molecular formula is C35H45F2N5O4. The van der Waals surface area contributed by atoms with E-state index in [4.69, 9.17) is 9.72 Å². The van der Waals surface area contributed by atoms with Crippen molar-refractivity contribution in [3.05, 3.63) is 41.3 Å². The number of benzene rings is 1. The summed E-state index contributed by atoms with van der Waals surface area (Å²) in [4.78, 5) is 18.2. The third-order valence-corrected chi connectivity index (χ3v) is 9.90. The molecule has 0 radical (unpaired) electrons. The second-order valence-electron chi connectivity index (χ2n) is 13.6. The highest BCUT2D eigenvalue weighted by Crippen LogP contribution is 2.43. The van der Waals surface area contributed by atoms with E-state index in [2.05, 4.69) is 14.9 Å². The lowest BCUT2D eigenvalue weighted by molar-refractivity contribution is 0.0446. The highest BCUT2D eigenvalue weighted by molar-refractivity contribution is 5.92. The van der Waals surface area contributed by atoms with E-state index in [-0.39, 0.29) is 41.2 Å². The molecule has 3 N–H and O–H groups in total. The van der Waals surface area contributed by atoms with Gasteiger partial charge in [0.05, 0.1) is 23.1 Å². The van der Waals surface area contributed by atoms with Crippen LogP contribution in [-0.2, 0) is 6.42 Å². The Hall–Kier alpha value is -3.41. The van der Waals surface area contributed by atoms with Crippen molar-refractivity contribution in [3.8, 4) is 23.0 Å². The molecule has 3 aliphatic rings. The average Bonchev–Trinajstić information content (AvgIpc) is 3.58. The summed E-state index contributed by atoms with van der Waals surface area (Å²) in [5, 5.41) is 31.9. The van der Waals surface area contributed by atoms with Gasteiger partial charge < -0.3 is 25.0 Å². The molecule has 3 saturated heterocycles. The average molecular weight is 638 g/mol. The van der Waals surface area contributed by atoms with Gasteiger partial charge in [0.2, 0.25) is 0 Å². The molecule has 3 aromatic rings. The first-order chi connectivity index (χ1) is 22.0. The number of hydrogen-bond acceptors (Lipinski definition) is 9. The topological polar surface area (TPSA) is 115 Å². The summed E-state index contributed by atoms with van der Waals surface area (Å²) in [6.07, 6.45) is 9.81. The number of nitrogens with zero attached hydrogens (tertiary/aromatic N) is 5. The zero-order valence-corrected chi connectivity index (χ0v) is 27.0. The number of piperidine rings is 1. The van der Waals surface area contributed by atoms with Crippen molar-refractivity contribution in [3.63, 3.8) is 0 Å². The summed E-state index contributed by atoms with van der Waals surface area (Å²) < 4.78 is 36.9. The van der Waals surface area contributed by atoms with Gasteiger partial charge in [-0.05, 0) is 88.6 Å². The van der Waals surface area contributed by atoms with Gasteiger partial charge in [-0.2, -0.15) is 9.97 Å². The molecule has 5 heterocycles. The lowest BCUT2D eigenvalue weighted by atomic mass is 9.93. The molecule has 0 saturated carbocycles. The van der Waals surface area contributed by atoms with Crippen LogP contribution in [-0.4, -0.2) is 91.4 Å². The van der Waals surface area contributed by atoms with E-state index in [0.29, 0.717) is 54.9 Å². The van der Waals surface area contributed by atoms with Crippen LogP contribution in [0.1, 0.15) is 76.8 Å². The summed E-state index contributed by atoms with van der Waals surface area (Å²) in [6, 6.07) is 3.19. The molecule has 11 heteroatoms. The monoisotopic (exact) mass is 637 g/mol. The summed E-state index contributed by atoms with van der Waals surface area (Å²) in [5.74, 6) is -0.305. The molecular weight excluding hydrogens is 592 g/mol. The van der Waals surface area contributed by atoms with E-state index in [1.54, 1.807) is 25.3 Å². The maximum absolute atomic E-state index is 16.8. The predicted molar refractivity (Wildman–Crippen MR) is 174 cm³/mol. The SMILES string of the molecule is CCCc1c(/C=C\C(C)F)cc(O)cc1-c1ncc2c(N3CCC[C@@](C)(O)C3)nc(OC[C@@]34CCCN3[C@H](CO)CC4)nc2c1F. The highest BCUT2D eigenvalue weighted by atomic mass is 19.1. The molecule has 3 fully saturated rings. The maximum Gasteiger partial charge on any atom is 0.319 e. The molecule has 0 amide bonds. The van der Waals surface area contributed by atoms with Gasteiger partial charge in [0.25, 0.3) is 0 Å². The number of alkyl halides is 1. The van der Waals surface area contributed by atoms with Crippen LogP contribution in [0, 0.1) is 5.82 Å². The molecule has 9 nitrogen and oxygen atoms in total. The number of phenolic OH excluding ortho intramolecular Hbond substituents is 1. The van der Waals surface area contributed by atoms with Crippen LogP contribution in [0.3, 0.4) is 0 Å². The van der Waals surface area contributed by atoms with Gasteiger partial charge in [0.15, 0.2) is 5.82 Å². The Labute approximate surface area is 268 Å². The molecule has 3 aliphatic heterocycles. The quantitative estimate of drug-likeness (QED) is 0.262. The molecule has 248 valence electrons. The largest absolute Gasteiger partial charge is 0.508 e. The molecule has 1 aromatic carbocycles. The van der Waals surface area contributed by atoms with E-state index >= 15 is 4.39 Å². The first kappa shape index (κ1) is 32.5. The van der Waals surface area contributed by atoms with E-state index in [1.165, 1.54) is 19.1 Å². The number of aliphatic hydroxyl groups excluding tert-OH is 1. The summed E-state index contributed by atoms with van der Waals surface area (Å²) in [7, 11) is 0. The Morgan fingerprint density at radius 3 is 2.72 bits per heavy atom. The predicted octanol–water partition coefficient (Wildman–Crippen LogP) is 5.58. The number of aromatic nitrogens is 3. The molecule has 0 spiro atoms. The number of pyridine rings is 1. The summed E-state index contributed by atoms with van der Waals surface area (Å²) >= 11 is 0. The van der Waals surface area contributed by atoms with Crippen LogP contribution in [0.4, 0.5) is 14.6 Å². The molecule has 2 aromatic heterocycles. The fourth-order valence-electron chi connectivity index (χ4n) is 7.72. The van der Waals surface area contributed by atoms with Crippen molar-refractivity contribution in [2.45, 2.75) is 95.5 Å². The second kappa shape index (κ2) is 13.0. The molecule has 1 unspecified atom stereocenters. The normalized spacial score (nSPS) is 25.9. The number of phenols is 1. The lowest BCUT2D eigenvalue weighted by Gasteiger charge is -2.38. The zero-order chi connectivity index (χ0) is 32.6. The first-order valence-electron chi connectivity index (χ1n) is 16.6. The minimum atomic E-state index is -1.19. The highest BCUT2D eigenvalue weighted by Gasteiger charge is 2.49.